The fourth-order valence-corrected chi connectivity index (χ4v) is 2.99. The third-order valence-corrected chi connectivity index (χ3v) is 4.34. The molecule has 4 rings (SSSR count). The molecule has 0 radical (unpaired) electrons. The fourth-order valence-electron chi connectivity index (χ4n) is 2.99. The summed E-state index contributed by atoms with van der Waals surface area (Å²) in [4.78, 5) is 12.4. The van der Waals surface area contributed by atoms with Gasteiger partial charge in [-0.2, -0.15) is 0 Å². The molecule has 0 spiro atoms. The van der Waals surface area contributed by atoms with Crippen molar-refractivity contribution in [2.75, 3.05) is 19.9 Å². The highest BCUT2D eigenvalue weighted by Crippen LogP contribution is 2.36. The molecule has 1 unspecified atom stereocenters. The Morgan fingerprint density at radius 3 is 2.83 bits per heavy atom. The molecule has 0 aromatic heterocycles. The van der Waals surface area contributed by atoms with E-state index in [9.17, 15) is 9.90 Å². The number of carbonyl (C=O) groups excluding carboxylic acids is 1. The molecule has 124 valence electrons. The molecule has 6 nitrogen and oxygen atoms in total. The summed E-state index contributed by atoms with van der Waals surface area (Å²) in [5, 5.41) is 13.7. The predicted octanol–water partition coefficient (Wildman–Crippen LogP) is 1.82. The first-order valence-corrected chi connectivity index (χ1v) is 7.78. The van der Waals surface area contributed by atoms with Gasteiger partial charge in [-0.05, 0) is 24.3 Å². The number of para-hydroxylation sites is 1. The molecule has 0 saturated carbocycles. The van der Waals surface area contributed by atoms with E-state index < -0.39 is 5.60 Å². The lowest BCUT2D eigenvalue weighted by molar-refractivity contribution is -0.00160. The predicted molar refractivity (Wildman–Crippen MR) is 85.3 cm³/mol. The Labute approximate surface area is 139 Å². The number of amides is 1. The lowest BCUT2D eigenvalue weighted by Crippen LogP contribution is -2.43. The summed E-state index contributed by atoms with van der Waals surface area (Å²) in [5.74, 6) is 1.57. The second kappa shape index (κ2) is 5.72. The van der Waals surface area contributed by atoms with E-state index in [1.54, 1.807) is 18.2 Å². The molecule has 2 heterocycles. The Morgan fingerprint density at radius 2 is 1.92 bits per heavy atom. The van der Waals surface area contributed by atoms with E-state index >= 15 is 0 Å². The van der Waals surface area contributed by atoms with Gasteiger partial charge in [-0.1, -0.05) is 18.2 Å². The fraction of sp³-hybridized carbons (Fsp3) is 0.278. The first kappa shape index (κ1) is 14.8. The quantitative estimate of drug-likeness (QED) is 0.899. The van der Waals surface area contributed by atoms with Crippen LogP contribution in [0.25, 0.3) is 0 Å². The molecule has 1 atom stereocenters. The summed E-state index contributed by atoms with van der Waals surface area (Å²) in [6.07, 6.45) is 0.422. The van der Waals surface area contributed by atoms with Gasteiger partial charge in [-0.15, -0.1) is 0 Å². The molecule has 0 saturated heterocycles. The van der Waals surface area contributed by atoms with Crippen LogP contribution in [-0.2, 0) is 5.60 Å². The second-order valence-corrected chi connectivity index (χ2v) is 5.88. The van der Waals surface area contributed by atoms with Gasteiger partial charge in [0.2, 0.25) is 6.79 Å². The maximum Gasteiger partial charge on any atom is 0.251 e. The number of hydrogen-bond acceptors (Lipinski definition) is 5. The molecule has 6 heteroatoms. The average molecular weight is 327 g/mol. The van der Waals surface area contributed by atoms with Crippen LogP contribution in [0.4, 0.5) is 0 Å². The van der Waals surface area contributed by atoms with Gasteiger partial charge >= 0.3 is 0 Å². The van der Waals surface area contributed by atoms with Crippen LogP contribution in [0.3, 0.4) is 0 Å². The van der Waals surface area contributed by atoms with Crippen molar-refractivity contribution >= 4 is 5.91 Å². The van der Waals surface area contributed by atoms with Crippen molar-refractivity contribution in [3.05, 3.63) is 53.6 Å². The van der Waals surface area contributed by atoms with Crippen molar-refractivity contribution in [3.63, 3.8) is 0 Å². The molecule has 2 aliphatic heterocycles. The second-order valence-electron chi connectivity index (χ2n) is 5.88. The van der Waals surface area contributed by atoms with Crippen LogP contribution in [-0.4, -0.2) is 31.0 Å². The van der Waals surface area contributed by atoms with Gasteiger partial charge in [0.05, 0.1) is 13.2 Å². The molecule has 1 amide bonds. The van der Waals surface area contributed by atoms with E-state index in [4.69, 9.17) is 14.2 Å². The van der Waals surface area contributed by atoms with Crippen LogP contribution >= 0.6 is 0 Å². The van der Waals surface area contributed by atoms with E-state index in [1.807, 2.05) is 24.3 Å². The molecule has 2 N–H and O–H groups in total. The Kier molecular flexibility index (Phi) is 3.54. The number of fused-ring (bicyclic) bond motifs is 2. The highest BCUT2D eigenvalue weighted by molar-refractivity contribution is 5.95. The van der Waals surface area contributed by atoms with Crippen LogP contribution in [0.1, 0.15) is 22.3 Å². The minimum absolute atomic E-state index is 0.112. The molecular weight excluding hydrogens is 310 g/mol. The molecule has 0 fully saturated rings. The van der Waals surface area contributed by atoms with E-state index in [0.29, 0.717) is 41.4 Å². The Morgan fingerprint density at radius 1 is 1.08 bits per heavy atom. The van der Waals surface area contributed by atoms with Crippen LogP contribution in [0.5, 0.6) is 17.2 Å². The lowest BCUT2D eigenvalue weighted by atomic mass is 9.88. The third kappa shape index (κ3) is 2.55. The Hall–Kier alpha value is -2.73. The monoisotopic (exact) mass is 327 g/mol. The summed E-state index contributed by atoms with van der Waals surface area (Å²) < 4.78 is 16.1. The summed E-state index contributed by atoms with van der Waals surface area (Å²) >= 11 is 0. The van der Waals surface area contributed by atoms with Gasteiger partial charge in [0.1, 0.15) is 11.4 Å². The summed E-state index contributed by atoms with van der Waals surface area (Å²) in [6, 6.07) is 12.4. The molecule has 2 aromatic carbocycles. The minimum Gasteiger partial charge on any atom is -0.493 e. The summed E-state index contributed by atoms with van der Waals surface area (Å²) in [5.41, 5.74) is 0.0198. The van der Waals surface area contributed by atoms with Crippen molar-refractivity contribution < 1.29 is 24.1 Å². The number of rotatable bonds is 3. The van der Waals surface area contributed by atoms with E-state index in [1.165, 1.54) is 0 Å². The van der Waals surface area contributed by atoms with E-state index in [2.05, 4.69) is 5.32 Å². The van der Waals surface area contributed by atoms with Gasteiger partial charge < -0.3 is 24.6 Å². The third-order valence-electron chi connectivity index (χ3n) is 4.34. The normalized spacial score (nSPS) is 20.9. The highest BCUT2D eigenvalue weighted by Gasteiger charge is 2.35. The van der Waals surface area contributed by atoms with Crippen molar-refractivity contribution in [3.8, 4) is 17.2 Å². The number of benzene rings is 2. The zero-order valence-electron chi connectivity index (χ0n) is 13.0. The number of carbonyl (C=O) groups is 1. The molecule has 2 aromatic rings. The SMILES string of the molecule is O=C(NCC1(O)CCOc2ccccc21)c1ccc2c(c1)OCO2. The average Bonchev–Trinajstić information content (AvgIpc) is 3.08. The summed E-state index contributed by atoms with van der Waals surface area (Å²) in [7, 11) is 0. The van der Waals surface area contributed by atoms with Crippen LogP contribution in [0, 0.1) is 0 Å². The van der Waals surface area contributed by atoms with Crippen molar-refractivity contribution in [2.45, 2.75) is 12.0 Å². The zero-order valence-corrected chi connectivity index (χ0v) is 13.0. The van der Waals surface area contributed by atoms with Gasteiger partial charge in [0.25, 0.3) is 5.91 Å². The first-order valence-electron chi connectivity index (χ1n) is 7.78. The topological polar surface area (TPSA) is 77.0 Å². The van der Waals surface area contributed by atoms with Gasteiger partial charge in [0, 0.05) is 17.5 Å². The van der Waals surface area contributed by atoms with E-state index in [-0.39, 0.29) is 19.2 Å². The van der Waals surface area contributed by atoms with E-state index in [0.717, 1.165) is 0 Å². The number of hydrogen-bond donors (Lipinski definition) is 2. The Bertz CT molecular complexity index is 791. The lowest BCUT2D eigenvalue weighted by Gasteiger charge is -2.34. The van der Waals surface area contributed by atoms with Crippen molar-refractivity contribution in [2.24, 2.45) is 0 Å². The minimum atomic E-state index is -1.14. The van der Waals surface area contributed by atoms with Gasteiger partial charge in [-0.25, -0.2) is 0 Å². The highest BCUT2D eigenvalue weighted by atomic mass is 16.7. The van der Waals surface area contributed by atoms with Crippen LogP contribution in [0.15, 0.2) is 42.5 Å². The smallest absolute Gasteiger partial charge is 0.251 e. The standard InChI is InChI=1S/C18H17NO5/c20-17(12-5-6-15-16(9-12)24-11-23-15)19-10-18(21)7-8-22-14-4-2-1-3-13(14)18/h1-6,9,21H,7-8,10-11H2,(H,19,20). The first-order chi connectivity index (χ1) is 11.7. The van der Waals surface area contributed by atoms with Crippen molar-refractivity contribution in [1.29, 1.82) is 0 Å². The van der Waals surface area contributed by atoms with Crippen LogP contribution < -0.4 is 19.5 Å². The number of aliphatic hydroxyl groups is 1. The van der Waals surface area contributed by atoms with Crippen molar-refractivity contribution in [1.82, 2.24) is 5.32 Å². The van der Waals surface area contributed by atoms with Gasteiger partial charge in [0.15, 0.2) is 11.5 Å². The molecular formula is C18H17NO5. The summed E-state index contributed by atoms with van der Waals surface area (Å²) in [6.45, 7) is 0.686. The largest absolute Gasteiger partial charge is 0.493 e. The molecule has 0 bridgehead atoms. The number of nitrogens with one attached hydrogen (secondary N) is 1. The molecule has 24 heavy (non-hydrogen) atoms. The van der Waals surface area contributed by atoms with Gasteiger partial charge in [-0.3, -0.25) is 4.79 Å². The maximum absolute atomic E-state index is 12.4. The zero-order chi connectivity index (χ0) is 16.6. The van der Waals surface area contributed by atoms with Crippen LogP contribution in [0.2, 0.25) is 0 Å². The maximum atomic E-state index is 12.4. The molecule has 2 aliphatic rings. The molecule has 0 aliphatic carbocycles. The Balaban J connectivity index is 1.50. The number of ether oxygens (including phenoxy) is 3.